The predicted octanol–water partition coefficient (Wildman–Crippen LogP) is 2.73. The van der Waals surface area contributed by atoms with E-state index >= 15 is 0 Å². The molecule has 0 radical (unpaired) electrons. The van der Waals surface area contributed by atoms with Crippen LogP contribution in [0.4, 0.5) is 5.69 Å². The van der Waals surface area contributed by atoms with Crippen molar-refractivity contribution in [2.45, 2.75) is 26.2 Å². The van der Waals surface area contributed by atoms with Crippen LogP contribution in [-0.2, 0) is 10.2 Å². The second-order valence-electron chi connectivity index (χ2n) is 6.87. The molecule has 0 atom stereocenters. The number of non-ortho nitro benzene ring substituents is 1. The summed E-state index contributed by atoms with van der Waals surface area (Å²) in [7, 11) is 0. The average Bonchev–Trinajstić information content (AvgIpc) is 2.64. The highest BCUT2D eigenvalue weighted by Crippen LogP contribution is 2.24. The number of rotatable bonds is 5. The maximum atomic E-state index is 11.9. The quantitative estimate of drug-likeness (QED) is 0.620. The number of amides is 2. The summed E-state index contributed by atoms with van der Waals surface area (Å²) in [6.45, 7) is 6.01. The van der Waals surface area contributed by atoms with Crippen molar-refractivity contribution >= 4 is 17.5 Å². The molecule has 0 aliphatic carbocycles. The number of carbonyl (C=O) groups excluding carboxylic acids is 2. The number of nitrogens with zero attached hydrogens (tertiary/aromatic N) is 1. The molecule has 142 valence electrons. The summed E-state index contributed by atoms with van der Waals surface area (Å²) in [5.41, 5.74) is 5.40. The van der Waals surface area contributed by atoms with Crippen LogP contribution in [0.5, 0.6) is 5.75 Å². The topological polar surface area (TPSA) is 111 Å². The van der Waals surface area contributed by atoms with Gasteiger partial charge in [0.25, 0.3) is 17.5 Å². The zero-order valence-corrected chi connectivity index (χ0v) is 15.3. The van der Waals surface area contributed by atoms with E-state index in [9.17, 15) is 19.7 Å². The molecule has 0 spiro atoms. The van der Waals surface area contributed by atoms with E-state index in [1.165, 1.54) is 18.2 Å². The fourth-order valence-corrected chi connectivity index (χ4v) is 2.20. The third-order valence-corrected chi connectivity index (χ3v) is 3.72. The fraction of sp³-hybridized carbons (Fsp3) is 0.263. The highest BCUT2D eigenvalue weighted by Gasteiger charge is 2.14. The van der Waals surface area contributed by atoms with Gasteiger partial charge in [0.15, 0.2) is 6.61 Å². The van der Waals surface area contributed by atoms with Crippen LogP contribution >= 0.6 is 0 Å². The van der Waals surface area contributed by atoms with Gasteiger partial charge in [-0.1, -0.05) is 39.0 Å². The van der Waals surface area contributed by atoms with Gasteiger partial charge in [0.05, 0.1) is 4.92 Å². The number of ether oxygens (including phenoxy) is 1. The molecule has 0 aliphatic heterocycles. The lowest BCUT2D eigenvalue weighted by Crippen LogP contribution is -2.43. The molecule has 8 heteroatoms. The Hall–Kier alpha value is -3.42. The molecule has 2 amide bonds. The number of nitrogens with one attached hydrogen (secondary N) is 2. The van der Waals surface area contributed by atoms with Gasteiger partial charge in [-0.25, -0.2) is 0 Å². The molecule has 0 unspecified atom stereocenters. The van der Waals surface area contributed by atoms with Crippen molar-refractivity contribution in [3.05, 3.63) is 69.8 Å². The number of benzene rings is 2. The number of hydrogen-bond donors (Lipinski definition) is 2. The molecule has 0 fully saturated rings. The van der Waals surface area contributed by atoms with Crippen molar-refractivity contribution in [2.24, 2.45) is 0 Å². The lowest BCUT2D eigenvalue weighted by molar-refractivity contribution is -0.384. The summed E-state index contributed by atoms with van der Waals surface area (Å²) in [5, 5.41) is 10.7. The Labute approximate surface area is 156 Å². The Balaban J connectivity index is 1.83. The van der Waals surface area contributed by atoms with Crippen LogP contribution < -0.4 is 15.6 Å². The number of hydrazine groups is 1. The van der Waals surface area contributed by atoms with Crippen molar-refractivity contribution in [2.75, 3.05) is 6.61 Å². The van der Waals surface area contributed by atoms with E-state index in [2.05, 4.69) is 31.6 Å². The molecule has 0 bridgehead atoms. The van der Waals surface area contributed by atoms with Gasteiger partial charge in [-0.15, -0.1) is 0 Å². The maximum Gasteiger partial charge on any atom is 0.276 e. The van der Waals surface area contributed by atoms with E-state index in [1.54, 1.807) is 12.1 Å². The molecule has 0 saturated carbocycles. The minimum absolute atomic E-state index is 0.0205. The van der Waals surface area contributed by atoms with Crippen molar-refractivity contribution < 1.29 is 19.2 Å². The van der Waals surface area contributed by atoms with Gasteiger partial charge in [0.2, 0.25) is 0 Å². The third-order valence-electron chi connectivity index (χ3n) is 3.72. The van der Waals surface area contributed by atoms with Crippen LogP contribution in [0.3, 0.4) is 0 Å². The van der Waals surface area contributed by atoms with Crippen LogP contribution in [0.1, 0.15) is 36.7 Å². The minimum Gasteiger partial charge on any atom is -0.484 e. The molecular weight excluding hydrogens is 350 g/mol. The Morgan fingerprint density at radius 1 is 1.07 bits per heavy atom. The summed E-state index contributed by atoms with van der Waals surface area (Å²) in [6, 6.07) is 12.6. The van der Waals surface area contributed by atoms with E-state index in [1.807, 2.05) is 12.1 Å². The first-order valence-electron chi connectivity index (χ1n) is 8.24. The highest BCUT2D eigenvalue weighted by atomic mass is 16.6. The molecule has 0 heterocycles. The predicted molar refractivity (Wildman–Crippen MR) is 99.3 cm³/mol. The first-order chi connectivity index (χ1) is 12.7. The molecule has 8 nitrogen and oxygen atoms in total. The Kier molecular flexibility index (Phi) is 6.12. The summed E-state index contributed by atoms with van der Waals surface area (Å²) in [5.74, 6) is -0.696. The SMILES string of the molecule is CC(C)(C)c1ccc(OCC(=O)NNC(=O)c2cccc([N+](=O)[O-])c2)cc1. The van der Waals surface area contributed by atoms with E-state index < -0.39 is 16.7 Å². The molecule has 2 aromatic carbocycles. The summed E-state index contributed by atoms with van der Waals surface area (Å²) >= 11 is 0. The molecule has 0 aliphatic rings. The molecule has 2 rings (SSSR count). The fourth-order valence-electron chi connectivity index (χ4n) is 2.20. The number of carbonyl (C=O) groups is 2. The van der Waals surface area contributed by atoms with Crippen molar-refractivity contribution in [3.8, 4) is 5.75 Å². The first-order valence-corrected chi connectivity index (χ1v) is 8.24. The average molecular weight is 371 g/mol. The monoisotopic (exact) mass is 371 g/mol. The van der Waals surface area contributed by atoms with Crippen molar-refractivity contribution in [1.82, 2.24) is 10.9 Å². The molecule has 2 aromatic rings. The Bertz CT molecular complexity index is 841. The lowest BCUT2D eigenvalue weighted by atomic mass is 9.87. The third kappa shape index (κ3) is 5.81. The maximum absolute atomic E-state index is 11.9. The zero-order chi connectivity index (χ0) is 20.0. The number of nitro benzene ring substituents is 1. The first kappa shape index (κ1) is 19.9. The smallest absolute Gasteiger partial charge is 0.276 e. The van der Waals surface area contributed by atoms with Gasteiger partial charge < -0.3 is 4.74 Å². The van der Waals surface area contributed by atoms with E-state index in [4.69, 9.17) is 4.74 Å². The number of hydrogen-bond acceptors (Lipinski definition) is 5. The van der Waals surface area contributed by atoms with Gasteiger partial charge in [-0.05, 0) is 29.2 Å². The van der Waals surface area contributed by atoms with E-state index in [-0.39, 0.29) is 23.3 Å². The summed E-state index contributed by atoms with van der Waals surface area (Å²) < 4.78 is 5.37. The van der Waals surface area contributed by atoms with Crippen LogP contribution in [-0.4, -0.2) is 23.3 Å². The largest absolute Gasteiger partial charge is 0.484 e. The van der Waals surface area contributed by atoms with Gasteiger partial charge in [0.1, 0.15) is 5.75 Å². The van der Waals surface area contributed by atoms with Gasteiger partial charge >= 0.3 is 0 Å². The van der Waals surface area contributed by atoms with Crippen LogP contribution in [0.2, 0.25) is 0 Å². The van der Waals surface area contributed by atoms with Gasteiger partial charge in [-0.2, -0.15) is 0 Å². The minimum atomic E-state index is -0.665. The van der Waals surface area contributed by atoms with Crippen molar-refractivity contribution in [1.29, 1.82) is 0 Å². The zero-order valence-electron chi connectivity index (χ0n) is 15.3. The van der Waals surface area contributed by atoms with Crippen LogP contribution in [0.15, 0.2) is 48.5 Å². The van der Waals surface area contributed by atoms with Crippen LogP contribution in [0.25, 0.3) is 0 Å². The van der Waals surface area contributed by atoms with E-state index in [0.29, 0.717) is 5.75 Å². The van der Waals surface area contributed by atoms with Gasteiger partial charge in [-0.3, -0.25) is 30.6 Å². The summed E-state index contributed by atoms with van der Waals surface area (Å²) in [6.07, 6.45) is 0. The normalized spacial score (nSPS) is 10.8. The Morgan fingerprint density at radius 2 is 1.74 bits per heavy atom. The lowest BCUT2D eigenvalue weighted by Gasteiger charge is -2.19. The van der Waals surface area contributed by atoms with Crippen LogP contribution in [0, 0.1) is 10.1 Å². The van der Waals surface area contributed by atoms with E-state index in [0.717, 1.165) is 11.6 Å². The summed E-state index contributed by atoms with van der Waals surface area (Å²) in [4.78, 5) is 33.9. The molecule has 0 aromatic heterocycles. The second-order valence-corrected chi connectivity index (χ2v) is 6.87. The highest BCUT2D eigenvalue weighted by molar-refractivity contribution is 5.96. The molecular formula is C19H21N3O5. The van der Waals surface area contributed by atoms with Crippen molar-refractivity contribution in [3.63, 3.8) is 0 Å². The standard InChI is InChI=1S/C19H21N3O5/c1-19(2,3)14-7-9-16(10-8-14)27-12-17(23)20-21-18(24)13-5-4-6-15(11-13)22(25)26/h4-11H,12H2,1-3H3,(H,20,23)(H,21,24). The molecule has 2 N–H and O–H groups in total. The molecule has 27 heavy (non-hydrogen) atoms. The Morgan fingerprint density at radius 3 is 2.33 bits per heavy atom. The molecule has 0 saturated heterocycles. The van der Waals surface area contributed by atoms with Gasteiger partial charge in [0, 0.05) is 17.7 Å². The second kappa shape index (κ2) is 8.31. The number of nitro groups is 1.